The van der Waals surface area contributed by atoms with Crippen molar-refractivity contribution in [1.29, 1.82) is 0 Å². The molecule has 2 rings (SSSR count). The van der Waals surface area contributed by atoms with Crippen molar-refractivity contribution in [3.05, 3.63) is 0 Å². The smallest absolute Gasteiger partial charge is 0.124 e. The van der Waals surface area contributed by atoms with Crippen molar-refractivity contribution in [3.63, 3.8) is 0 Å². The number of carbonyl (C=O) groups excluding carboxylic acids is 1. The van der Waals surface area contributed by atoms with E-state index in [1.54, 1.807) is 0 Å². The molecule has 0 aromatic heterocycles. The summed E-state index contributed by atoms with van der Waals surface area (Å²) in [7, 11) is 2.16. The highest BCUT2D eigenvalue weighted by atomic mass is 16.1. The second-order valence-electron chi connectivity index (χ2n) is 3.84. The molecule has 3 atom stereocenters. The van der Waals surface area contributed by atoms with E-state index in [2.05, 4.69) is 11.9 Å². The maximum atomic E-state index is 10.7. The van der Waals surface area contributed by atoms with Crippen LogP contribution >= 0.6 is 0 Å². The number of aldehydes is 1. The van der Waals surface area contributed by atoms with E-state index in [0.717, 1.165) is 18.7 Å². The number of hydrogen-bond acceptors (Lipinski definition) is 2. The Kier molecular flexibility index (Phi) is 1.72. The molecular formula is C9H15NO. The van der Waals surface area contributed by atoms with Gasteiger partial charge in [-0.15, -0.1) is 0 Å². The summed E-state index contributed by atoms with van der Waals surface area (Å²) < 4.78 is 0. The lowest BCUT2D eigenvalue weighted by Crippen LogP contribution is -2.42. The zero-order valence-corrected chi connectivity index (χ0v) is 6.99. The summed E-state index contributed by atoms with van der Waals surface area (Å²) in [4.78, 5) is 13.1. The van der Waals surface area contributed by atoms with Crippen LogP contribution in [0.2, 0.25) is 0 Å². The average Bonchev–Trinajstić information content (AvgIpc) is 2.31. The number of piperidine rings is 1. The lowest BCUT2D eigenvalue weighted by molar-refractivity contribution is -0.114. The Hall–Kier alpha value is -0.370. The predicted octanol–water partition coefficient (Wildman–Crippen LogP) is 1.06. The average molecular weight is 153 g/mol. The second kappa shape index (κ2) is 2.59. The number of hydrogen-bond donors (Lipinski definition) is 0. The molecule has 0 saturated carbocycles. The first-order valence-corrected chi connectivity index (χ1v) is 4.50. The van der Waals surface area contributed by atoms with Gasteiger partial charge in [-0.3, -0.25) is 4.90 Å². The molecule has 0 radical (unpaired) electrons. The number of carbonyl (C=O) groups is 1. The van der Waals surface area contributed by atoms with E-state index in [0.29, 0.717) is 12.0 Å². The fourth-order valence-corrected chi connectivity index (χ4v) is 2.64. The third kappa shape index (κ3) is 1.00. The van der Waals surface area contributed by atoms with Crippen molar-refractivity contribution in [1.82, 2.24) is 4.90 Å². The fraction of sp³-hybridized carbons (Fsp3) is 0.889. The van der Waals surface area contributed by atoms with Gasteiger partial charge in [0, 0.05) is 18.0 Å². The van der Waals surface area contributed by atoms with Crippen LogP contribution in [-0.4, -0.2) is 30.3 Å². The first-order valence-electron chi connectivity index (χ1n) is 4.50. The molecule has 0 spiro atoms. The summed E-state index contributed by atoms with van der Waals surface area (Å²) >= 11 is 0. The van der Waals surface area contributed by atoms with Gasteiger partial charge in [-0.25, -0.2) is 0 Å². The summed E-state index contributed by atoms with van der Waals surface area (Å²) in [5.41, 5.74) is 0. The fourth-order valence-electron chi connectivity index (χ4n) is 2.64. The van der Waals surface area contributed by atoms with Crippen LogP contribution in [-0.2, 0) is 4.79 Å². The molecule has 0 aliphatic carbocycles. The third-order valence-corrected chi connectivity index (χ3v) is 3.40. The highest BCUT2D eigenvalue weighted by Crippen LogP contribution is 2.36. The molecule has 2 nitrogen and oxygen atoms in total. The molecule has 2 fully saturated rings. The van der Waals surface area contributed by atoms with Crippen molar-refractivity contribution >= 4 is 6.29 Å². The quantitative estimate of drug-likeness (QED) is 0.525. The largest absolute Gasteiger partial charge is 0.303 e. The molecule has 2 saturated heterocycles. The zero-order chi connectivity index (χ0) is 7.84. The van der Waals surface area contributed by atoms with Crippen molar-refractivity contribution in [2.75, 3.05) is 7.05 Å². The second-order valence-corrected chi connectivity index (χ2v) is 3.84. The van der Waals surface area contributed by atoms with Gasteiger partial charge in [0.2, 0.25) is 0 Å². The molecule has 0 aromatic rings. The van der Waals surface area contributed by atoms with Gasteiger partial charge < -0.3 is 4.79 Å². The molecule has 0 aromatic carbocycles. The molecule has 2 bridgehead atoms. The minimum Gasteiger partial charge on any atom is -0.303 e. The molecule has 2 heteroatoms. The molecule has 2 aliphatic rings. The molecule has 0 amide bonds. The van der Waals surface area contributed by atoms with Gasteiger partial charge in [-0.1, -0.05) is 0 Å². The van der Waals surface area contributed by atoms with Gasteiger partial charge >= 0.3 is 0 Å². The summed E-state index contributed by atoms with van der Waals surface area (Å²) in [5.74, 6) is 0.332. The molecule has 2 aliphatic heterocycles. The number of fused-ring (bicyclic) bond motifs is 2. The Morgan fingerprint density at radius 2 is 2.00 bits per heavy atom. The van der Waals surface area contributed by atoms with Crippen LogP contribution in [0.25, 0.3) is 0 Å². The lowest BCUT2D eigenvalue weighted by atomic mass is 9.92. The van der Waals surface area contributed by atoms with Crippen molar-refractivity contribution in [3.8, 4) is 0 Å². The third-order valence-electron chi connectivity index (χ3n) is 3.40. The van der Waals surface area contributed by atoms with Crippen molar-refractivity contribution < 1.29 is 4.79 Å². The summed E-state index contributed by atoms with van der Waals surface area (Å²) in [5, 5.41) is 0. The maximum absolute atomic E-state index is 10.7. The minimum atomic E-state index is 0.332. The van der Waals surface area contributed by atoms with Crippen LogP contribution in [0.4, 0.5) is 0 Å². The lowest BCUT2D eigenvalue weighted by Gasteiger charge is -2.34. The first kappa shape index (κ1) is 7.29. The standard InChI is InChI=1S/C9H15NO/c1-10-8-3-2-7(6-11)9(10)5-4-8/h6-9H,2-5H2,1H3/t7-,8?,9?/m1/s1. The topological polar surface area (TPSA) is 20.3 Å². The van der Waals surface area contributed by atoms with E-state index in [9.17, 15) is 4.79 Å². The Labute approximate surface area is 67.6 Å². The summed E-state index contributed by atoms with van der Waals surface area (Å²) in [6.07, 6.45) is 6.07. The Morgan fingerprint density at radius 3 is 2.73 bits per heavy atom. The van der Waals surface area contributed by atoms with Gasteiger partial charge in [0.05, 0.1) is 0 Å². The monoisotopic (exact) mass is 153 g/mol. The van der Waals surface area contributed by atoms with E-state index >= 15 is 0 Å². The summed E-state index contributed by atoms with van der Waals surface area (Å²) in [6, 6.07) is 1.36. The zero-order valence-electron chi connectivity index (χ0n) is 6.99. The first-order chi connectivity index (χ1) is 5.33. The predicted molar refractivity (Wildman–Crippen MR) is 43.4 cm³/mol. The van der Waals surface area contributed by atoms with Crippen LogP contribution in [0.3, 0.4) is 0 Å². The van der Waals surface area contributed by atoms with E-state index < -0.39 is 0 Å². The van der Waals surface area contributed by atoms with Crippen LogP contribution in [0.15, 0.2) is 0 Å². The molecule has 2 unspecified atom stereocenters. The Morgan fingerprint density at radius 1 is 1.27 bits per heavy atom. The van der Waals surface area contributed by atoms with E-state index in [1.807, 2.05) is 0 Å². The Balaban J connectivity index is 2.13. The van der Waals surface area contributed by atoms with Crippen LogP contribution in [0.5, 0.6) is 0 Å². The van der Waals surface area contributed by atoms with E-state index in [1.165, 1.54) is 19.3 Å². The highest BCUT2D eigenvalue weighted by Gasteiger charge is 2.39. The van der Waals surface area contributed by atoms with Gasteiger partial charge in [0.15, 0.2) is 0 Å². The minimum absolute atomic E-state index is 0.332. The van der Waals surface area contributed by atoms with E-state index in [-0.39, 0.29) is 0 Å². The van der Waals surface area contributed by atoms with Crippen molar-refractivity contribution in [2.24, 2.45) is 5.92 Å². The molecule has 62 valence electrons. The van der Waals surface area contributed by atoms with Gasteiger partial charge in [0.25, 0.3) is 0 Å². The van der Waals surface area contributed by atoms with Gasteiger partial charge in [-0.2, -0.15) is 0 Å². The van der Waals surface area contributed by atoms with Crippen LogP contribution in [0.1, 0.15) is 25.7 Å². The highest BCUT2D eigenvalue weighted by molar-refractivity contribution is 5.55. The number of rotatable bonds is 1. The normalized spacial score (nSPS) is 44.3. The van der Waals surface area contributed by atoms with E-state index in [4.69, 9.17) is 0 Å². The SMILES string of the molecule is CN1C2CCC1[C@@H](C=O)CC2. The molecule has 2 heterocycles. The number of nitrogens with zero attached hydrogens (tertiary/aromatic N) is 1. The van der Waals surface area contributed by atoms with Crippen LogP contribution < -0.4 is 0 Å². The maximum Gasteiger partial charge on any atom is 0.124 e. The van der Waals surface area contributed by atoms with Crippen LogP contribution in [0, 0.1) is 5.92 Å². The molecule has 0 N–H and O–H groups in total. The van der Waals surface area contributed by atoms with Gasteiger partial charge in [-0.05, 0) is 32.7 Å². The Bertz CT molecular complexity index is 169. The van der Waals surface area contributed by atoms with Crippen molar-refractivity contribution in [2.45, 2.75) is 37.8 Å². The molecule has 11 heavy (non-hydrogen) atoms. The molecular weight excluding hydrogens is 138 g/mol. The summed E-state index contributed by atoms with van der Waals surface area (Å²) in [6.45, 7) is 0. The van der Waals surface area contributed by atoms with Gasteiger partial charge in [0.1, 0.15) is 6.29 Å².